The molecule has 3 saturated heterocycles. The van der Waals surface area contributed by atoms with Crippen molar-refractivity contribution in [3.05, 3.63) is 58.9 Å². The van der Waals surface area contributed by atoms with Crippen molar-refractivity contribution in [1.82, 2.24) is 19.4 Å². The maximum atomic E-state index is 15.3. The van der Waals surface area contributed by atoms with E-state index in [0.29, 0.717) is 32.7 Å². The van der Waals surface area contributed by atoms with E-state index >= 15 is 4.39 Å². The summed E-state index contributed by atoms with van der Waals surface area (Å²) in [6, 6.07) is 7.09. The highest BCUT2D eigenvalue weighted by Gasteiger charge is 2.45. The Kier molecular flexibility index (Phi) is 7.98. The second-order valence-corrected chi connectivity index (χ2v) is 13.5. The number of carbonyl (C=O) groups excluding carboxylic acids is 4. The van der Waals surface area contributed by atoms with E-state index in [0.717, 1.165) is 20.8 Å². The van der Waals surface area contributed by atoms with Crippen LogP contribution in [0.1, 0.15) is 45.5 Å². The zero-order chi connectivity index (χ0) is 31.3. The van der Waals surface area contributed by atoms with Crippen molar-refractivity contribution < 1.29 is 36.4 Å². The van der Waals surface area contributed by atoms with Gasteiger partial charge in [0, 0.05) is 58.3 Å². The topological polar surface area (TPSA) is 153 Å². The minimum Gasteiger partial charge on any atom is -0.367 e. The number of nitrogens with two attached hydrogens (primary N) is 1. The Labute approximate surface area is 252 Å². The van der Waals surface area contributed by atoms with Gasteiger partial charge < -0.3 is 10.6 Å². The average molecular weight is 631 g/mol. The van der Waals surface area contributed by atoms with Gasteiger partial charge in [-0.3, -0.25) is 34.3 Å². The lowest BCUT2D eigenvalue weighted by Gasteiger charge is -2.36. The van der Waals surface area contributed by atoms with Gasteiger partial charge in [-0.2, -0.15) is 4.31 Å². The molecular formula is C29H32F2N6O6S. The third-order valence-electron chi connectivity index (χ3n) is 8.72. The Balaban J connectivity index is 1.11. The summed E-state index contributed by atoms with van der Waals surface area (Å²) in [7, 11) is -3.88. The second-order valence-electron chi connectivity index (χ2n) is 11.5. The van der Waals surface area contributed by atoms with Crippen molar-refractivity contribution in [2.75, 3.05) is 44.2 Å². The molecule has 15 heteroatoms. The van der Waals surface area contributed by atoms with E-state index in [1.54, 1.807) is 17.0 Å². The molecule has 2 aromatic carbocycles. The number of amides is 4. The first-order valence-electron chi connectivity index (χ1n) is 14.4. The lowest BCUT2D eigenvalue weighted by atomic mass is 10.0. The van der Waals surface area contributed by atoms with Gasteiger partial charge in [0.1, 0.15) is 18.0 Å². The molecule has 0 spiro atoms. The average Bonchev–Trinajstić information content (AvgIpc) is 3.23. The highest BCUT2D eigenvalue weighted by Crippen LogP contribution is 2.33. The number of benzene rings is 2. The van der Waals surface area contributed by atoms with Crippen LogP contribution in [0, 0.1) is 5.82 Å². The molecule has 3 N–H and O–H groups in total. The van der Waals surface area contributed by atoms with Gasteiger partial charge in [-0.1, -0.05) is 12.1 Å². The van der Waals surface area contributed by atoms with Crippen LogP contribution < -0.4 is 16.0 Å². The van der Waals surface area contributed by atoms with Crippen LogP contribution in [0.5, 0.6) is 0 Å². The number of sulfonamides is 1. The van der Waals surface area contributed by atoms with Gasteiger partial charge in [0.25, 0.3) is 11.8 Å². The summed E-state index contributed by atoms with van der Waals surface area (Å²) in [6.07, 6.45) is -1.18. The maximum Gasteiger partial charge on any atom is 0.262 e. The molecule has 2 aromatic rings. The Hall–Kier alpha value is -3.79. The SMILES string of the molecule is N[C@H]1CCN(S(=O)(=O)c2cccc(CN3CCN(c4cc5c(cc4F)C(=O)N(C4CCC(=O)NC4=O)C5=O)CC3)c2)C[C@@H]1F. The molecule has 4 aliphatic rings. The molecule has 0 aliphatic carbocycles. The third-order valence-corrected chi connectivity index (χ3v) is 10.6. The zero-order valence-electron chi connectivity index (χ0n) is 23.7. The number of piperidine rings is 2. The van der Waals surface area contributed by atoms with Crippen LogP contribution >= 0.6 is 0 Å². The van der Waals surface area contributed by atoms with Gasteiger partial charge in [0.15, 0.2) is 0 Å². The van der Waals surface area contributed by atoms with Crippen LogP contribution in [0.3, 0.4) is 0 Å². The van der Waals surface area contributed by atoms with Gasteiger partial charge in [-0.25, -0.2) is 17.2 Å². The van der Waals surface area contributed by atoms with E-state index < -0.39 is 57.7 Å². The predicted octanol–water partition coefficient (Wildman–Crippen LogP) is 0.609. The molecular weight excluding hydrogens is 598 g/mol. The van der Waals surface area contributed by atoms with Crippen LogP contribution in [0.25, 0.3) is 0 Å². The number of hydrogen-bond donors (Lipinski definition) is 2. The van der Waals surface area contributed by atoms with E-state index in [1.165, 1.54) is 12.1 Å². The first-order chi connectivity index (χ1) is 20.9. The number of nitrogens with one attached hydrogen (secondary N) is 1. The molecule has 0 aromatic heterocycles. The number of rotatable bonds is 6. The quantitative estimate of drug-likeness (QED) is 0.437. The summed E-state index contributed by atoms with van der Waals surface area (Å²) < 4.78 is 56.9. The van der Waals surface area contributed by atoms with Gasteiger partial charge in [-0.15, -0.1) is 0 Å². The lowest BCUT2D eigenvalue weighted by Crippen LogP contribution is -2.54. The normalized spacial score (nSPS) is 25.4. The van der Waals surface area contributed by atoms with E-state index in [9.17, 15) is 32.0 Å². The third kappa shape index (κ3) is 5.49. The second kappa shape index (κ2) is 11.6. The fraction of sp³-hybridized carbons (Fsp3) is 0.448. The number of fused-ring (bicyclic) bond motifs is 1. The first kappa shape index (κ1) is 30.2. The Bertz CT molecular complexity index is 1650. The number of nitrogens with zero attached hydrogens (tertiary/aromatic N) is 4. The number of piperazine rings is 1. The molecule has 3 fully saturated rings. The standard InChI is InChI=1S/C29H32F2N6O6S/c30-21-13-19-20(29(41)37(28(19)40)24-4-5-26(38)33-27(24)39)14-25(21)35-10-8-34(9-11-35)15-17-2-1-3-18(12-17)44(42,43)36-7-6-23(32)22(31)16-36/h1-3,12-14,22-24H,4-11,15-16,32H2,(H,33,38,39)/t22-,23-,24?/m0/s1. The van der Waals surface area contributed by atoms with E-state index in [-0.39, 0.29) is 54.1 Å². The zero-order valence-corrected chi connectivity index (χ0v) is 24.6. The predicted molar refractivity (Wildman–Crippen MR) is 153 cm³/mol. The van der Waals surface area contributed by atoms with Crippen LogP contribution in [-0.4, -0.2) is 104 Å². The van der Waals surface area contributed by atoms with Gasteiger partial charge >= 0.3 is 0 Å². The van der Waals surface area contributed by atoms with Crippen LogP contribution in [-0.2, 0) is 26.2 Å². The van der Waals surface area contributed by atoms with E-state index in [2.05, 4.69) is 10.2 Å². The molecule has 0 saturated carbocycles. The van der Waals surface area contributed by atoms with Crippen molar-refractivity contribution in [2.45, 2.75) is 49.0 Å². The number of anilines is 1. The molecule has 12 nitrogen and oxygen atoms in total. The minimum atomic E-state index is -3.88. The Morgan fingerprint density at radius 3 is 2.32 bits per heavy atom. The lowest BCUT2D eigenvalue weighted by molar-refractivity contribution is -0.136. The fourth-order valence-corrected chi connectivity index (χ4v) is 7.73. The van der Waals surface area contributed by atoms with Crippen molar-refractivity contribution in [3.8, 4) is 0 Å². The fourth-order valence-electron chi connectivity index (χ4n) is 6.19. The van der Waals surface area contributed by atoms with E-state index in [4.69, 9.17) is 5.73 Å². The summed E-state index contributed by atoms with van der Waals surface area (Å²) in [5.74, 6) is -3.36. The summed E-state index contributed by atoms with van der Waals surface area (Å²) in [4.78, 5) is 54.8. The molecule has 3 atom stereocenters. The molecule has 1 unspecified atom stereocenters. The van der Waals surface area contributed by atoms with Gasteiger partial charge in [0.2, 0.25) is 21.8 Å². The molecule has 6 rings (SSSR count). The Morgan fingerprint density at radius 2 is 1.64 bits per heavy atom. The van der Waals surface area contributed by atoms with Gasteiger partial charge in [0.05, 0.1) is 21.7 Å². The number of halogens is 2. The molecule has 0 radical (unpaired) electrons. The smallest absolute Gasteiger partial charge is 0.262 e. The molecule has 0 bridgehead atoms. The summed E-state index contributed by atoms with van der Waals surface area (Å²) in [5.41, 5.74) is 6.51. The molecule has 234 valence electrons. The highest BCUT2D eigenvalue weighted by molar-refractivity contribution is 7.89. The van der Waals surface area contributed by atoms with Crippen LogP contribution in [0.2, 0.25) is 0 Å². The van der Waals surface area contributed by atoms with E-state index in [1.807, 2.05) is 6.07 Å². The first-order valence-corrected chi connectivity index (χ1v) is 15.9. The summed E-state index contributed by atoms with van der Waals surface area (Å²) in [6.45, 7) is 2.14. The minimum absolute atomic E-state index is 0.00586. The monoisotopic (exact) mass is 630 g/mol. The highest BCUT2D eigenvalue weighted by atomic mass is 32.2. The number of hydrogen-bond acceptors (Lipinski definition) is 9. The maximum absolute atomic E-state index is 15.3. The molecule has 4 amide bonds. The van der Waals surface area contributed by atoms with Crippen molar-refractivity contribution >= 4 is 39.3 Å². The summed E-state index contributed by atoms with van der Waals surface area (Å²) >= 11 is 0. The molecule has 4 aliphatic heterocycles. The van der Waals surface area contributed by atoms with Crippen LogP contribution in [0.15, 0.2) is 41.3 Å². The Morgan fingerprint density at radius 1 is 0.932 bits per heavy atom. The van der Waals surface area contributed by atoms with Gasteiger partial charge in [-0.05, 0) is 42.7 Å². The molecule has 44 heavy (non-hydrogen) atoms. The van der Waals surface area contributed by atoms with Crippen molar-refractivity contribution in [1.29, 1.82) is 0 Å². The number of imide groups is 2. The summed E-state index contributed by atoms with van der Waals surface area (Å²) in [5, 5.41) is 2.14. The largest absolute Gasteiger partial charge is 0.367 e. The van der Waals surface area contributed by atoms with Crippen LogP contribution in [0.4, 0.5) is 14.5 Å². The van der Waals surface area contributed by atoms with Crippen molar-refractivity contribution in [2.24, 2.45) is 5.73 Å². The molecule has 4 heterocycles. The number of carbonyl (C=O) groups is 4. The van der Waals surface area contributed by atoms with Crippen molar-refractivity contribution in [3.63, 3.8) is 0 Å². The number of alkyl halides is 1.